The highest BCUT2D eigenvalue weighted by atomic mass is 32.2. The molecule has 1 atom stereocenters. The summed E-state index contributed by atoms with van der Waals surface area (Å²) in [5.41, 5.74) is -1.55. The number of aromatic hydroxyl groups is 2. The van der Waals surface area contributed by atoms with Crippen LogP contribution in [-0.4, -0.2) is 69.0 Å². The minimum atomic E-state index is -4.94. The van der Waals surface area contributed by atoms with E-state index in [4.69, 9.17) is 4.18 Å². The molecule has 4 aromatic carbocycles. The molecule has 1 aromatic heterocycles. The lowest BCUT2D eigenvalue weighted by molar-refractivity contribution is 0.0687. The third kappa shape index (κ3) is 7.23. The molecule has 0 saturated carbocycles. The zero-order chi connectivity index (χ0) is 34.7. The molecule has 1 unspecified atom stereocenters. The van der Waals surface area contributed by atoms with Gasteiger partial charge in [0.2, 0.25) is 11.9 Å². The van der Waals surface area contributed by atoms with E-state index in [1.807, 2.05) is 0 Å². The molecule has 1 heterocycles. The summed E-state index contributed by atoms with van der Waals surface area (Å²) in [6.45, 7) is 0. The molecule has 5 rings (SSSR count). The molecule has 0 spiro atoms. The van der Waals surface area contributed by atoms with E-state index >= 15 is 0 Å². The second kappa shape index (κ2) is 13.2. The molecule has 246 valence electrons. The molecule has 19 nitrogen and oxygen atoms in total. The Hall–Kier alpha value is -6.29. The monoisotopic (exact) mass is 697 g/mol. The van der Waals surface area contributed by atoms with Gasteiger partial charge < -0.3 is 35.2 Å². The maximum absolute atomic E-state index is 12.2. The molecule has 0 aliphatic heterocycles. The van der Waals surface area contributed by atoms with Crippen molar-refractivity contribution in [3.63, 3.8) is 0 Å². The number of carboxylic acid groups (broad SMARTS) is 2. The van der Waals surface area contributed by atoms with Crippen molar-refractivity contribution in [2.45, 2.75) is 4.90 Å². The summed E-state index contributed by atoms with van der Waals surface area (Å²) in [5.74, 6) is -4.96. The average molecular weight is 698 g/mol. The van der Waals surface area contributed by atoms with Gasteiger partial charge in [0.25, 0.3) is 10.1 Å². The number of phenols is 1. The number of nitrogens with one attached hydrogen (secondary N) is 2. The van der Waals surface area contributed by atoms with Crippen molar-refractivity contribution in [3.05, 3.63) is 77.9 Å². The Balaban J connectivity index is 1.69. The number of carboxylic acids is 2. The van der Waals surface area contributed by atoms with Crippen LogP contribution < -0.4 is 14.8 Å². The fourth-order valence-electron chi connectivity index (χ4n) is 4.29. The van der Waals surface area contributed by atoms with Crippen LogP contribution in [0.2, 0.25) is 0 Å². The topological polar surface area (TPSA) is 303 Å². The number of rotatable bonds is 11. The number of aromatic nitrogens is 3. The molecule has 0 amide bonds. The molecule has 0 fully saturated rings. The number of hydrogen-bond donors (Lipinski definition) is 8. The first-order chi connectivity index (χ1) is 22.7. The third-order valence-corrected chi connectivity index (χ3v) is 7.40. The molecule has 5 aromatic rings. The average Bonchev–Trinajstić information content (AvgIpc) is 3.00. The van der Waals surface area contributed by atoms with Crippen LogP contribution in [0.3, 0.4) is 0 Å². The van der Waals surface area contributed by atoms with Crippen LogP contribution >= 0.6 is 0 Å². The van der Waals surface area contributed by atoms with Crippen LogP contribution in [-0.2, 0) is 21.5 Å². The fourth-order valence-corrected chi connectivity index (χ4v) is 5.11. The maximum Gasteiger partial charge on any atom is 0.357 e. The summed E-state index contributed by atoms with van der Waals surface area (Å²) in [4.78, 5) is 34.0. The van der Waals surface area contributed by atoms with Crippen molar-refractivity contribution >= 4 is 78.8 Å². The van der Waals surface area contributed by atoms with E-state index in [0.717, 1.165) is 18.2 Å². The number of anilines is 4. The quantitative estimate of drug-likeness (QED) is 0.0535. The summed E-state index contributed by atoms with van der Waals surface area (Å²) < 4.78 is 60.0. The van der Waals surface area contributed by atoms with Crippen molar-refractivity contribution < 1.29 is 55.9 Å². The van der Waals surface area contributed by atoms with Crippen LogP contribution in [0.25, 0.3) is 10.8 Å². The van der Waals surface area contributed by atoms with Gasteiger partial charge in [-0.1, -0.05) is 24.3 Å². The second-order valence-electron chi connectivity index (χ2n) is 9.32. The van der Waals surface area contributed by atoms with Gasteiger partial charge in [0, 0.05) is 5.39 Å². The highest BCUT2D eigenvalue weighted by Gasteiger charge is 2.23. The van der Waals surface area contributed by atoms with Gasteiger partial charge in [0.15, 0.2) is 17.2 Å². The number of hydrogen-bond acceptors (Lipinski definition) is 15. The van der Waals surface area contributed by atoms with Gasteiger partial charge in [-0.2, -0.15) is 27.6 Å². The normalized spacial score (nSPS) is 12.1. The zero-order valence-electron chi connectivity index (χ0n) is 23.5. The van der Waals surface area contributed by atoms with Crippen molar-refractivity contribution in [3.8, 4) is 17.5 Å². The number of aromatic carboxylic acids is 2. The van der Waals surface area contributed by atoms with Gasteiger partial charge in [-0.3, -0.25) is 9.11 Å². The SMILES string of the molecule is O=C(O)c1ccccc1/N=N/c1c(OS(=O)O)cc2cc(S(=O)(=O)O)cc(Nc3nc(O)nc(Nc4ccccc4C(=O)O)n3)c2c1O. The highest BCUT2D eigenvalue weighted by molar-refractivity contribution is 7.85. The first kappa shape index (κ1) is 33.1. The van der Waals surface area contributed by atoms with Gasteiger partial charge in [0.05, 0.1) is 27.4 Å². The lowest BCUT2D eigenvalue weighted by atomic mass is 10.1. The summed E-state index contributed by atoms with van der Waals surface area (Å²) >= 11 is -3.01. The van der Waals surface area contributed by atoms with Crippen LogP contribution in [0.5, 0.6) is 17.5 Å². The predicted octanol–water partition coefficient (Wildman–Crippen LogP) is 4.50. The molecule has 0 radical (unpaired) electrons. The lowest BCUT2D eigenvalue weighted by Gasteiger charge is -2.15. The van der Waals surface area contributed by atoms with Gasteiger partial charge in [-0.15, -0.1) is 10.2 Å². The molecule has 0 bridgehead atoms. The largest absolute Gasteiger partial charge is 0.505 e. The van der Waals surface area contributed by atoms with E-state index in [1.54, 1.807) is 0 Å². The molecule has 8 N–H and O–H groups in total. The van der Waals surface area contributed by atoms with E-state index < -0.39 is 67.5 Å². The number of phenolic OH excluding ortho intramolecular Hbond substituents is 1. The zero-order valence-corrected chi connectivity index (χ0v) is 25.2. The van der Waals surface area contributed by atoms with Gasteiger partial charge in [-0.05, 0) is 47.9 Å². The van der Waals surface area contributed by atoms with Crippen LogP contribution in [0, 0.1) is 0 Å². The van der Waals surface area contributed by atoms with Crippen LogP contribution in [0.1, 0.15) is 20.7 Å². The van der Waals surface area contributed by atoms with Gasteiger partial charge in [0.1, 0.15) is 5.69 Å². The van der Waals surface area contributed by atoms with E-state index in [-0.39, 0.29) is 44.9 Å². The molecule has 0 aliphatic carbocycles. The molecule has 0 aliphatic rings. The number of nitrogens with zero attached hydrogens (tertiary/aromatic N) is 5. The number of carbonyl (C=O) groups is 2. The minimum Gasteiger partial charge on any atom is -0.505 e. The maximum atomic E-state index is 12.2. The van der Waals surface area contributed by atoms with Crippen molar-refractivity contribution in [2.24, 2.45) is 10.2 Å². The number of fused-ring (bicyclic) bond motifs is 1. The minimum absolute atomic E-state index is 0.0336. The fraction of sp³-hybridized carbons (Fsp3) is 0. The summed E-state index contributed by atoms with van der Waals surface area (Å²) in [6.07, 6.45) is 0. The Labute approximate surface area is 270 Å². The van der Waals surface area contributed by atoms with Crippen molar-refractivity contribution in [1.29, 1.82) is 0 Å². The smallest absolute Gasteiger partial charge is 0.357 e. The van der Waals surface area contributed by atoms with Crippen molar-refractivity contribution in [2.75, 3.05) is 10.6 Å². The van der Waals surface area contributed by atoms with E-state index in [0.29, 0.717) is 0 Å². The van der Waals surface area contributed by atoms with Crippen LogP contribution in [0.4, 0.5) is 34.6 Å². The summed E-state index contributed by atoms with van der Waals surface area (Å²) in [5, 5.41) is 52.9. The van der Waals surface area contributed by atoms with Gasteiger partial charge in [-0.25, -0.2) is 9.59 Å². The summed E-state index contributed by atoms with van der Waals surface area (Å²) in [7, 11) is -4.94. The predicted molar refractivity (Wildman–Crippen MR) is 166 cm³/mol. The Morgan fingerprint density at radius 2 is 1.42 bits per heavy atom. The van der Waals surface area contributed by atoms with E-state index in [9.17, 15) is 51.7 Å². The second-order valence-corrected chi connectivity index (χ2v) is 11.3. The Kier molecular flexibility index (Phi) is 9.11. The standard InChI is InChI=1S/C27H19N7O12S2/c35-22-20-12(10-19(46-47(41)42)21(22)34-33-17-8-4-2-6-15(17)24(38)39)9-13(48(43,44)45)11-18(20)29-26-30-25(31-27(40)32-26)28-16-7-3-1-5-14(16)23(36)37/h1-11,35H,(H,36,37)(H,38,39)(H,41,42)(H,43,44,45)(H3,28,29,30,31,32,40)/b34-33+. The Morgan fingerprint density at radius 1 is 0.812 bits per heavy atom. The summed E-state index contributed by atoms with van der Waals surface area (Å²) in [6, 6.07) is 12.9. The van der Waals surface area contributed by atoms with Crippen LogP contribution in [0.15, 0.2) is 81.9 Å². The molecule has 0 saturated heterocycles. The molecule has 48 heavy (non-hydrogen) atoms. The molecular formula is C27H19N7O12S2. The third-order valence-electron chi connectivity index (χ3n) is 6.25. The van der Waals surface area contributed by atoms with E-state index in [1.165, 1.54) is 48.5 Å². The first-order valence-electron chi connectivity index (χ1n) is 12.9. The highest BCUT2D eigenvalue weighted by Crippen LogP contribution is 2.47. The molecule has 21 heteroatoms. The van der Waals surface area contributed by atoms with Gasteiger partial charge >= 0.3 is 29.3 Å². The lowest BCUT2D eigenvalue weighted by Crippen LogP contribution is -2.07. The number of azo groups is 1. The van der Waals surface area contributed by atoms with E-state index in [2.05, 4.69) is 35.8 Å². The van der Waals surface area contributed by atoms with Crippen molar-refractivity contribution in [1.82, 2.24) is 15.0 Å². The Bertz CT molecular complexity index is 2280. The Morgan fingerprint density at radius 3 is 2.04 bits per heavy atom. The number of benzene rings is 4. The number of para-hydroxylation sites is 1. The first-order valence-corrected chi connectivity index (χ1v) is 15.3. The molecular weight excluding hydrogens is 678 g/mol.